The van der Waals surface area contributed by atoms with Crippen LogP contribution in [0.15, 0.2) is 30.3 Å². The third kappa shape index (κ3) is 3.32. The minimum atomic E-state index is 0. The summed E-state index contributed by atoms with van der Waals surface area (Å²) in [4.78, 5) is 13.6. The molecule has 2 nitrogen and oxygen atoms in total. The maximum Gasteiger partial charge on any atom is 0.135 e. The fourth-order valence-corrected chi connectivity index (χ4v) is 2.10. The van der Waals surface area contributed by atoms with Crippen molar-refractivity contribution in [3.63, 3.8) is 0 Å². The molecule has 16 heavy (non-hydrogen) atoms. The average Bonchev–Trinajstić information content (AvgIpc) is 2.24. The Morgan fingerprint density at radius 3 is 2.62 bits per heavy atom. The molecule has 3 heteroatoms. The number of likely N-dealkylation sites (tertiary alicyclic amines) is 1. The summed E-state index contributed by atoms with van der Waals surface area (Å²) in [6.45, 7) is 4.02. The first-order valence-electron chi connectivity index (χ1n) is 5.55. The SMILES string of the molecule is CC1CC(=O)CCN1Cc1ccccc1.Cl. The van der Waals surface area contributed by atoms with Gasteiger partial charge in [0.15, 0.2) is 0 Å². The van der Waals surface area contributed by atoms with Gasteiger partial charge in [-0.1, -0.05) is 30.3 Å². The molecule has 1 aliphatic heterocycles. The summed E-state index contributed by atoms with van der Waals surface area (Å²) in [5.41, 5.74) is 1.33. The summed E-state index contributed by atoms with van der Waals surface area (Å²) in [5, 5.41) is 0. The van der Waals surface area contributed by atoms with Gasteiger partial charge in [-0.25, -0.2) is 0 Å². The number of benzene rings is 1. The zero-order chi connectivity index (χ0) is 10.7. The highest BCUT2D eigenvalue weighted by Gasteiger charge is 2.22. The monoisotopic (exact) mass is 239 g/mol. The predicted molar refractivity (Wildman–Crippen MR) is 67.8 cm³/mol. The third-order valence-electron chi connectivity index (χ3n) is 3.05. The van der Waals surface area contributed by atoms with Gasteiger partial charge in [0.25, 0.3) is 0 Å². The van der Waals surface area contributed by atoms with Crippen LogP contribution in [0.4, 0.5) is 0 Å². The van der Waals surface area contributed by atoms with Crippen molar-refractivity contribution in [1.82, 2.24) is 4.90 Å². The first-order valence-corrected chi connectivity index (χ1v) is 5.55. The van der Waals surface area contributed by atoms with Crippen molar-refractivity contribution in [2.24, 2.45) is 0 Å². The van der Waals surface area contributed by atoms with E-state index >= 15 is 0 Å². The zero-order valence-corrected chi connectivity index (χ0v) is 10.4. The summed E-state index contributed by atoms with van der Waals surface area (Å²) in [5.74, 6) is 0.409. The molecule has 1 saturated heterocycles. The molecule has 0 N–H and O–H groups in total. The number of ketones is 1. The Morgan fingerprint density at radius 1 is 1.31 bits per heavy atom. The van der Waals surface area contributed by atoms with E-state index in [0.717, 1.165) is 19.5 Å². The molecular weight excluding hydrogens is 222 g/mol. The van der Waals surface area contributed by atoms with Crippen molar-refractivity contribution in [2.45, 2.75) is 32.4 Å². The minimum Gasteiger partial charge on any atom is -0.300 e. The molecule has 1 unspecified atom stereocenters. The second kappa shape index (κ2) is 6.02. The van der Waals surface area contributed by atoms with E-state index in [2.05, 4.69) is 36.1 Å². The second-order valence-electron chi connectivity index (χ2n) is 4.30. The molecule has 0 spiro atoms. The van der Waals surface area contributed by atoms with E-state index in [4.69, 9.17) is 0 Å². The molecule has 1 atom stereocenters. The van der Waals surface area contributed by atoms with Crippen LogP contribution in [0.1, 0.15) is 25.3 Å². The van der Waals surface area contributed by atoms with Crippen LogP contribution in [-0.4, -0.2) is 23.3 Å². The van der Waals surface area contributed by atoms with Gasteiger partial charge >= 0.3 is 0 Å². The first-order chi connectivity index (χ1) is 7.25. The van der Waals surface area contributed by atoms with E-state index in [1.54, 1.807) is 0 Å². The van der Waals surface area contributed by atoms with Gasteiger partial charge in [-0.05, 0) is 12.5 Å². The number of halogens is 1. The van der Waals surface area contributed by atoms with Crippen molar-refractivity contribution >= 4 is 18.2 Å². The lowest BCUT2D eigenvalue weighted by molar-refractivity contribution is -0.123. The number of carbonyl (C=O) groups is 1. The van der Waals surface area contributed by atoms with Gasteiger partial charge in [-0.15, -0.1) is 12.4 Å². The summed E-state index contributed by atoms with van der Waals surface area (Å²) >= 11 is 0. The Morgan fingerprint density at radius 2 is 2.00 bits per heavy atom. The largest absolute Gasteiger partial charge is 0.300 e. The maximum absolute atomic E-state index is 11.2. The van der Waals surface area contributed by atoms with E-state index in [0.29, 0.717) is 18.2 Å². The van der Waals surface area contributed by atoms with Crippen molar-refractivity contribution in [1.29, 1.82) is 0 Å². The standard InChI is InChI=1S/C13H17NO.ClH/c1-11-9-13(15)7-8-14(11)10-12-5-3-2-4-6-12;/h2-6,11H,7-10H2,1H3;1H. The third-order valence-corrected chi connectivity index (χ3v) is 3.05. The number of hydrogen-bond donors (Lipinski definition) is 0. The molecular formula is C13H18ClNO. The molecule has 1 aliphatic rings. The van der Waals surface area contributed by atoms with Gasteiger partial charge < -0.3 is 0 Å². The van der Waals surface area contributed by atoms with Crippen LogP contribution in [0.5, 0.6) is 0 Å². The lowest BCUT2D eigenvalue weighted by Gasteiger charge is -2.32. The van der Waals surface area contributed by atoms with E-state index < -0.39 is 0 Å². The first kappa shape index (κ1) is 13.2. The summed E-state index contributed by atoms with van der Waals surface area (Å²) in [6.07, 6.45) is 1.43. The average molecular weight is 240 g/mol. The molecule has 1 heterocycles. The molecule has 1 aromatic carbocycles. The molecule has 0 amide bonds. The van der Waals surface area contributed by atoms with E-state index in [9.17, 15) is 4.79 Å². The molecule has 0 aliphatic carbocycles. The van der Waals surface area contributed by atoms with Gasteiger partial charge in [0.2, 0.25) is 0 Å². The highest BCUT2D eigenvalue weighted by atomic mass is 35.5. The number of Topliss-reactive ketones (excluding diaryl/α,β-unsaturated/α-hetero) is 1. The smallest absolute Gasteiger partial charge is 0.135 e. The highest BCUT2D eigenvalue weighted by Crippen LogP contribution is 2.16. The van der Waals surface area contributed by atoms with Crippen LogP contribution >= 0.6 is 12.4 Å². The Kier molecular flexibility index (Phi) is 4.97. The van der Waals surface area contributed by atoms with Crippen LogP contribution in [0.25, 0.3) is 0 Å². The van der Waals surface area contributed by atoms with Gasteiger partial charge in [-0.2, -0.15) is 0 Å². The van der Waals surface area contributed by atoms with Gasteiger partial charge in [0, 0.05) is 32.0 Å². The zero-order valence-electron chi connectivity index (χ0n) is 9.56. The molecule has 0 saturated carbocycles. The van der Waals surface area contributed by atoms with Crippen LogP contribution in [-0.2, 0) is 11.3 Å². The Bertz CT molecular complexity index is 339. The quantitative estimate of drug-likeness (QED) is 0.791. The molecule has 2 rings (SSSR count). The van der Waals surface area contributed by atoms with Gasteiger partial charge in [-0.3, -0.25) is 9.69 Å². The van der Waals surface area contributed by atoms with Crippen molar-refractivity contribution < 1.29 is 4.79 Å². The Labute approximate surface area is 103 Å². The van der Waals surface area contributed by atoms with E-state index in [1.807, 2.05) is 6.07 Å². The number of rotatable bonds is 2. The van der Waals surface area contributed by atoms with Gasteiger partial charge in [0.1, 0.15) is 5.78 Å². The predicted octanol–water partition coefficient (Wildman–Crippen LogP) is 2.66. The summed E-state index contributed by atoms with van der Waals surface area (Å²) < 4.78 is 0. The van der Waals surface area contributed by atoms with Crippen LogP contribution in [0, 0.1) is 0 Å². The van der Waals surface area contributed by atoms with Crippen LogP contribution < -0.4 is 0 Å². The van der Waals surface area contributed by atoms with Crippen LogP contribution in [0.3, 0.4) is 0 Å². The fourth-order valence-electron chi connectivity index (χ4n) is 2.10. The van der Waals surface area contributed by atoms with E-state index in [1.165, 1.54) is 5.56 Å². The number of nitrogens with zero attached hydrogens (tertiary/aromatic N) is 1. The fraction of sp³-hybridized carbons (Fsp3) is 0.462. The Hall–Kier alpha value is -0.860. The lowest BCUT2D eigenvalue weighted by Crippen LogP contribution is -2.40. The summed E-state index contributed by atoms with van der Waals surface area (Å²) in [7, 11) is 0. The molecule has 0 bridgehead atoms. The molecule has 0 radical (unpaired) electrons. The van der Waals surface area contributed by atoms with Gasteiger partial charge in [0.05, 0.1) is 0 Å². The minimum absolute atomic E-state index is 0. The van der Waals surface area contributed by atoms with Crippen LogP contribution in [0.2, 0.25) is 0 Å². The lowest BCUT2D eigenvalue weighted by atomic mass is 10.0. The number of hydrogen-bond acceptors (Lipinski definition) is 2. The van der Waals surface area contributed by atoms with Crippen molar-refractivity contribution in [3.8, 4) is 0 Å². The topological polar surface area (TPSA) is 20.3 Å². The second-order valence-corrected chi connectivity index (χ2v) is 4.30. The van der Waals surface area contributed by atoms with E-state index in [-0.39, 0.29) is 12.4 Å². The normalized spacial score (nSPS) is 21.6. The molecule has 1 aromatic rings. The Balaban J connectivity index is 0.00000128. The molecule has 88 valence electrons. The van der Waals surface area contributed by atoms with Crippen molar-refractivity contribution in [3.05, 3.63) is 35.9 Å². The summed E-state index contributed by atoms with van der Waals surface area (Å²) in [6, 6.07) is 10.8. The molecule has 0 aromatic heterocycles. The molecule has 1 fully saturated rings. The highest BCUT2D eigenvalue weighted by molar-refractivity contribution is 5.85. The maximum atomic E-state index is 11.2. The number of carbonyl (C=O) groups excluding carboxylic acids is 1. The van der Waals surface area contributed by atoms with Crippen molar-refractivity contribution in [2.75, 3.05) is 6.54 Å². The number of piperidine rings is 1.